The number of rotatable bonds is 10. The van der Waals surface area contributed by atoms with E-state index in [1.165, 1.54) is 198 Å². The van der Waals surface area contributed by atoms with Gasteiger partial charge in [-0.05, 0) is 233 Å². The quantitative estimate of drug-likeness (QED) is 0.130. The molecule has 4 heterocycles. The van der Waals surface area contributed by atoms with Crippen LogP contribution in [-0.2, 0) is 10.8 Å². The Hall–Kier alpha value is -14.8. The summed E-state index contributed by atoms with van der Waals surface area (Å²) in [5.74, 6) is 0. The van der Waals surface area contributed by atoms with Crippen molar-refractivity contribution in [3.63, 3.8) is 0 Å². The van der Waals surface area contributed by atoms with Crippen LogP contribution >= 0.6 is 0 Å². The number of aromatic nitrogens is 4. The number of para-hydroxylation sites is 2. The standard InChI is InChI=1S/2C57H40N2/c1-57(2)49-19-11-9-18-46(49)55-50(57)31-34-54-56(55)48-36-42(26-33-53(48)59(54)44-29-23-40(24-30-44)38-15-7-4-8-16-38)41-25-32-52-47(35-41)45-17-10-12-20-51(45)58(52)43-27-21-39(22-28-43)37-13-5-3-6-14-37;1-57(2)50-19-11-9-17-45(50)47-31-34-54-55(56(47)57)49-36-42(26-33-53(49)59(54)44-29-23-40(24-30-44)38-15-7-4-8-16-38)41-25-32-52-48(35-41)46-18-10-12-20-51(46)58(52)43-27-21-39(22-28-43)37-13-5-3-6-14-37/h2*3-36H,1-2H3. The maximum absolute atomic E-state index is 2.47. The molecule has 0 radical (unpaired) electrons. The van der Waals surface area contributed by atoms with Crippen LogP contribution in [0.5, 0.6) is 0 Å². The monoisotopic (exact) mass is 1500 g/mol. The maximum Gasteiger partial charge on any atom is 0.0547 e. The van der Waals surface area contributed by atoms with E-state index >= 15 is 0 Å². The van der Waals surface area contributed by atoms with Gasteiger partial charge in [0.1, 0.15) is 0 Å². The molecule has 4 nitrogen and oxygen atoms in total. The average molecular weight is 1510 g/mol. The zero-order valence-electron chi connectivity index (χ0n) is 66.0. The Morgan fingerprint density at radius 2 is 0.449 bits per heavy atom. The highest BCUT2D eigenvalue weighted by Gasteiger charge is 2.40. The Bertz CT molecular complexity index is 7770. The molecular formula is C114H80N4. The van der Waals surface area contributed by atoms with Gasteiger partial charge in [0.25, 0.3) is 0 Å². The van der Waals surface area contributed by atoms with Gasteiger partial charge in [0.15, 0.2) is 0 Å². The summed E-state index contributed by atoms with van der Waals surface area (Å²) >= 11 is 0. The third kappa shape index (κ3) is 10.8. The molecule has 24 rings (SSSR count). The predicted molar refractivity (Wildman–Crippen MR) is 498 cm³/mol. The van der Waals surface area contributed by atoms with E-state index < -0.39 is 0 Å². The summed E-state index contributed by atoms with van der Waals surface area (Å²) in [5.41, 5.74) is 39.7. The van der Waals surface area contributed by atoms with E-state index in [0.717, 1.165) is 22.7 Å². The van der Waals surface area contributed by atoms with Crippen LogP contribution in [0, 0.1) is 0 Å². The number of hydrogen-bond donors (Lipinski definition) is 0. The lowest BCUT2D eigenvalue weighted by atomic mass is 9.80. The van der Waals surface area contributed by atoms with Gasteiger partial charge in [0, 0.05) is 76.7 Å². The van der Waals surface area contributed by atoms with Crippen LogP contribution in [0.15, 0.2) is 413 Å². The van der Waals surface area contributed by atoms with Gasteiger partial charge in [0.2, 0.25) is 0 Å². The second kappa shape index (κ2) is 26.9. The van der Waals surface area contributed by atoms with Crippen LogP contribution in [0.2, 0.25) is 0 Å². The molecule has 18 aromatic carbocycles. The van der Waals surface area contributed by atoms with Gasteiger partial charge in [-0.2, -0.15) is 0 Å². The molecule has 0 saturated carbocycles. The lowest BCUT2D eigenvalue weighted by molar-refractivity contribution is 0.661. The molecule has 0 amide bonds. The highest BCUT2D eigenvalue weighted by molar-refractivity contribution is 6.20. The molecule has 556 valence electrons. The summed E-state index contributed by atoms with van der Waals surface area (Å²) in [4.78, 5) is 0. The van der Waals surface area contributed by atoms with Crippen molar-refractivity contribution in [1.29, 1.82) is 0 Å². The molecule has 4 heteroatoms. The van der Waals surface area contributed by atoms with Crippen molar-refractivity contribution in [2.45, 2.75) is 38.5 Å². The highest BCUT2D eigenvalue weighted by atomic mass is 15.0. The first kappa shape index (κ1) is 68.7. The third-order valence-electron chi connectivity index (χ3n) is 25.9. The first-order chi connectivity index (χ1) is 58.1. The highest BCUT2D eigenvalue weighted by Crippen LogP contribution is 2.56. The Morgan fingerprint density at radius 3 is 0.864 bits per heavy atom. The fourth-order valence-corrected chi connectivity index (χ4v) is 20.2. The molecule has 2 aliphatic carbocycles. The Balaban J connectivity index is 0.000000138. The molecule has 0 spiro atoms. The van der Waals surface area contributed by atoms with Crippen LogP contribution in [0.1, 0.15) is 49.9 Å². The molecule has 0 bridgehead atoms. The number of nitrogens with zero attached hydrogens (tertiary/aromatic N) is 4. The minimum absolute atomic E-state index is 0.0927. The SMILES string of the molecule is CC1(C)c2ccccc2-c2c1ccc1c2c2cc(-c3ccc4c(c3)c3ccccc3n4-c3ccc(-c4ccccc4)cc3)ccc2n1-c1ccc(-c2ccccc2)cc1.CC1(C)c2ccccc2-c2ccc3c(c21)c1cc(-c2ccc4c(c2)c2ccccc2n4-c2ccc(-c4ccccc4)cc2)ccc1n3-c1ccc(-c2ccccc2)cc1. The Kier molecular flexibility index (Phi) is 15.7. The largest absolute Gasteiger partial charge is 0.309 e. The Labute approximate surface area is 685 Å². The summed E-state index contributed by atoms with van der Waals surface area (Å²) in [6.45, 7) is 9.55. The van der Waals surface area contributed by atoms with Crippen LogP contribution in [0.4, 0.5) is 0 Å². The summed E-state index contributed by atoms with van der Waals surface area (Å²) in [6, 6.07) is 152. The van der Waals surface area contributed by atoms with E-state index in [9.17, 15) is 0 Å². The van der Waals surface area contributed by atoms with Gasteiger partial charge >= 0.3 is 0 Å². The minimum atomic E-state index is -0.155. The van der Waals surface area contributed by atoms with Crippen LogP contribution in [0.25, 0.3) is 199 Å². The first-order valence-electron chi connectivity index (χ1n) is 41.2. The second-order valence-corrected chi connectivity index (χ2v) is 33.1. The molecule has 2 aliphatic rings. The average Bonchev–Trinajstić information content (AvgIpc) is 1.54. The number of hydrogen-bond acceptors (Lipinski definition) is 0. The topological polar surface area (TPSA) is 19.7 Å². The molecule has 0 atom stereocenters. The van der Waals surface area contributed by atoms with Gasteiger partial charge in [-0.15, -0.1) is 0 Å². The second-order valence-electron chi connectivity index (χ2n) is 33.1. The fourth-order valence-electron chi connectivity index (χ4n) is 20.2. The van der Waals surface area contributed by atoms with Gasteiger partial charge < -0.3 is 18.3 Å². The lowest BCUT2D eigenvalue weighted by Crippen LogP contribution is -2.15. The zero-order chi connectivity index (χ0) is 78.5. The molecule has 0 unspecified atom stereocenters. The lowest BCUT2D eigenvalue weighted by Gasteiger charge is -2.22. The van der Waals surface area contributed by atoms with Crippen molar-refractivity contribution < 1.29 is 0 Å². The molecule has 0 fully saturated rings. The van der Waals surface area contributed by atoms with E-state index in [-0.39, 0.29) is 10.8 Å². The van der Waals surface area contributed by atoms with Gasteiger partial charge in [-0.1, -0.05) is 319 Å². The van der Waals surface area contributed by atoms with Gasteiger partial charge in [-0.3, -0.25) is 0 Å². The van der Waals surface area contributed by atoms with Crippen LogP contribution in [-0.4, -0.2) is 18.3 Å². The first-order valence-corrected chi connectivity index (χ1v) is 41.2. The molecule has 0 N–H and O–H groups in total. The van der Waals surface area contributed by atoms with Crippen molar-refractivity contribution >= 4 is 87.2 Å². The predicted octanol–water partition coefficient (Wildman–Crippen LogP) is 30.4. The zero-order valence-corrected chi connectivity index (χ0v) is 66.0. The van der Waals surface area contributed by atoms with E-state index in [2.05, 4.69) is 458 Å². The fraction of sp³-hybridized carbons (Fsp3) is 0.0526. The number of fused-ring (bicyclic) bond motifs is 20. The van der Waals surface area contributed by atoms with Crippen molar-refractivity contribution in [3.8, 4) is 112 Å². The minimum Gasteiger partial charge on any atom is -0.309 e. The summed E-state index contributed by atoms with van der Waals surface area (Å²) in [7, 11) is 0. The smallest absolute Gasteiger partial charge is 0.0547 e. The maximum atomic E-state index is 2.47. The molecular weight excluding hydrogens is 1430 g/mol. The molecule has 22 aromatic rings. The molecule has 4 aromatic heterocycles. The van der Waals surface area contributed by atoms with Crippen molar-refractivity contribution in [1.82, 2.24) is 18.3 Å². The Morgan fingerprint density at radius 1 is 0.169 bits per heavy atom. The molecule has 0 saturated heterocycles. The van der Waals surface area contributed by atoms with Crippen LogP contribution in [0.3, 0.4) is 0 Å². The van der Waals surface area contributed by atoms with Gasteiger partial charge in [-0.25, -0.2) is 0 Å². The van der Waals surface area contributed by atoms with Crippen molar-refractivity contribution in [2.75, 3.05) is 0 Å². The van der Waals surface area contributed by atoms with E-state index in [1.54, 1.807) is 0 Å². The summed E-state index contributed by atoms with van der Waals surface area (Å²) < 4.78 is 9.76. The van der Waals surface area contributed by atoms with Crippen molar-refractivity contribution in [3.05, 3.63) is 435 Å². The van der Waals surface area contributed by atoms with Gasteiger partial charge in [0.05, 0.1) is 44.1 Å². The summed E-state index contributed by atoms with van der Waals surface area (Å²) in [5, 5.41) is 10.2. The van der Waals surface area contributed by atoms with Crippen molar-refractivity contribution in [2.24, 2.45) is 0 Å². The number of benzene rings is 18. The molecule has 118 heavy (non-hydrogen) atoms. The van der Waals surface area contributed by atoms with E-state index in [0.29, 0.717) is 0 Å². The molecule has 0 aliphatic heterocycles. The van der Waals surface area contributed by atoms with E-state index in [1.807, 2.05) is 0 Å². The van der Waals surface area contributed by atoms with E-state index in [4.69, 9.17) is 0 Å². The normalized spacial score (nSPS) is 13.1. The third-order valence-corrected chi connectivity index (χ3v) is 25.9. The summed E-state index contributed by atoms with van der Waals surface area (Å²) in [6.07, 6.45) is 0. The van der Waals surface area contributed by atoms with Crippen LogP contribution < -0.4 is 0 Å².